The number of aromatic nitrogens is 1. The van der Waals surface area contributed by atoms with E-state index in [9.17, 15) is 0 Å². The van der Waals surface area contributed by atoms with Crippen molar-refractivity contribution >= 4 is 17.5 Å². The number of hydrogen-bond acceptors (Lipinski definition) is 6. The van der Waals surface area contributed by atoms with Gasteiger partial charge >= 0.3 is 0 Å². The summed E-state index contributed by atoms with van der Waals surface area (Å²) in [7, 11) is 0. The Labute approximate surface area is 332 Å². The van der Waals surface area contributed by atoms with Gasteiger partial charge in [0.15, 0.2) is 0 Å². The minimum absolute atomic E-state index is 0.206. The molecule has 282 valence electrons. The van der Waals surface area contributed by atoms with Gasteiger partial charge in [0, 0.05) is 77.5 Å². The number of fused-ring (bicyclic) bond motifs is 5. The summed E-state index contributed by atoms with van der Waals surface area (Å²) in [4.78, 5) is 21.1. The van der Waals surface area contributed by atoms with Crippen LogP contribution >= 0.6 is 0 Å². The van der Waals surface area contributed by atoms with Crippen molar-refractivity contribution in [2.75, 3.05) is 6.54 Å². The van der Waals surface area contributed by atoms with Crippen molar-refractivity contribution in [2.45, 2.75) is 100 Å². The van der Waals surface area contributed by atoms with Crippen LogP contribution in [0.2, 0.25) is 0 Å². The highest BCUT2D eigenvalue weighted by Gasteiger charge is 2.50. The summed E-state index contributed by atoms with van der Waals surface area (Å²) in [6.07, 6.45) is 53.7. The van der Waals surface area contributed by atoms with Crippen molar-refractivity contribution in [3.8, 4) is 0 Å². The molecule has 1 N–H and O–H groups in total. The van der Waals surface area contributed by atoms with E-state index >= 15 is 0 Å². The molecule has 0 bridgehead atoms. The Morgan fingerprint density at radius 1 is 0.714 bits per heavy atom. The minimum atomic E-state index is 0.206. The molecule has 0 aromatic carbocycles. The van der Waals surface area contributed by atoms with Crippen LogP contribution in [0.5, 0.6) is 0 Å². The molecule has 6 heteroatoms. The van der Waals surface area contributed by atoms with Gasteiger partial charge in [0.1, 0.15) is 0 Å². The normalized spacial score (nSPS) is 34.2. The van der Waals surface area contributed by atoms with Crippen LogP contribution in [0.1, 0.15) is 81.5 Å². The number of pyridine rings is 1. The molecule has 5 aliphatic carbocycles. The molecule has 5 aliphatic heterocycles. The van der Waals surface area contributed by atoms with E-state index in [1.807, 2.05) is 0 Å². The van der Waals surface area contributed by atoms with Crippen molar-refractivity contribution in [3.63, 3.8) is 0 Å². The summed E-state index contributed by atoms with van der Waals surface area (Å²) in [6, 6.07) is 8.14. The van der Waals surface area contributed by atoms with Gasteiger partial charge in [-0.2, -0.15) is 0 Å². The molecule has 56 heavy (non-hydrogen) atoms. The first-order valence-corrected chi connectivity index (χ1v) is 21.4. The van der Waals surface area contributed by atoms with Crippen molar-refractivity contribution in [1.82, 2.24) is 20.1 Å². The minimum Gasteiger partial charge on any atom is -0.336 e. The molecule has 11 rings (SSSR count). The third kappa shape index (κ3) is 6.04. The molecule has 0 amide bonds. The van der Waals surface area contributed by atoms with Gasteiger partial charge in [0.05, 0.1) is 23.1 Å². The third-order valence-electron chi connectivity index (χ3n) is 13.7. The summed E-state index contributed by atoms with van der Waals surface area (Å²) in [6.45, 7) is 0.927. The Morgan fingerprint density at radius 2 is 1.68 bits per heavy atom. The topological polar surface area (TPSA) is 56.1 Å². The van der Waals surface area contributed by atoms with E-state index in [4.69, 9.17) is 15.0 Å². The van der Waals surface area contributed by atoms with Crippen molar-refractivity contribution in [1.29, 1.82) is 0 Å². The summed E-state index contributed by atoms with van der Waals surface area (Å²) in [5.74, 6) is 1.10. The lowest BCUT2D eigenvalue weighted by Crippen LogP contribution is -2.49. The van der Waals surface area contributed by atoms with Gasteiger partial charge in [0.2, 0.25) is 0 Å². The fourth-order valence-electron chi connectivity index (χ4n) is 11.1. The maximum absolute atomic E-state index is 5.26. The van der Waals surface area contributed by atoms with Gasteiger partial charge in [-0.05, 0) is 105 Å². The number of likely N-dealkylation sites (tertiary alicyclic amines) is 1. The quantitative estimate of drug-likeness (QED) is 0.296. The number of nitrogens with zero attached hydrogens (tertiary/aromatic N) is 5. The Balaban J connectivity index is 0.877. The Bertz CT molecular complexity index is 2240. The highest BCUT2D eigenvalue weighted by molar-refractivity contribution is 6.04. The Hall–Kier alpha value is -4.91. The number of allylic oxidation sites excluding steroid dienone is 12. The van der Waals surface area contributed by atoms with Crippen molar-refractivity contribution in [2.24, 2.45) is 21.8 Å². The lowest BCUT2D eigenvalue weighted by Gasteiger charge is -2.39. The van der Waals surface area contributed by atoms with E-state index in [0.29, 0.717) is 36.0 Å². The second-order valence-electron chi connectivity index (χ2n) is 17.0. The molecule has 0 saturated carbocycles. The maximum Gasteiger partial charge on any atom is 0.0702 e. The number of aliphatic imine (C=N–C) groups is 2. The van der Waals surface area contributed by atoms with E-state index < -0.39 is 0 Å². The average Bonchev–Trinajstić information content (AvgIpc) is 3.79. The Kier molecular flexibility index (Phi) is 8.92. The average molecular weight is 737 g/mol. The zero-order valence-corrected chi connectivity index (χ0v) is 32.3. The van der Waals surface area contributed by atoms with E-state index in [2.05, 4.69) is 143 Å². The lowest BCUT2D eigenvalue weighted by molar-refractivity contribution is 0.187. The van der Waals surface area contributed by atoms with E-state index in [-0.39, 0.29) is 12.0 Å². The van der Waals surface area contributed by atoms with Crippen molar-refractivity contribution in [3.05, 3.63) is 167 Å². The van der Waals surface area contributed by atoms with Crippen LogP contribution in [0.3, 0.4) is 0 Å². The molecule has 0 radical (unpaired) electrons. The molecule has 1 fully saturated rings. The second-order valence-corrected chi connectivity index (χ2v) is 17.0. The standard InChI is InChI=1S/C50H52N6/c1-3-12-33(13-4-1)41-18-8-20-43(53-41)35-24-26-45-39(30-35)49-47(22-10-28-51-49)55(45)37-16-7-17-38(32-37)56-46-27-25-36(31-40(46)50-48(56)23-11-29-52-50)44-21-9-19-42(54-44)34-14-5-2-6-15-34/h1,3,5,7-8,11,14-16,18,20-21,23-28,30-33,38-40,45-46,48,50,52H,2,4,6,9-10,12-13,17,19,22,29H2. The first kappa shape index (κ1) is 34.3. The smallest absolute Gasteiger partial charge is 0.0702 e. The second kappa shape index (κ2) is 14.5. The largest absolute Gasteiger partial charge is 0.336 e. The molecule has 1 saturated heterocycles. The van der Waals surface area contributed by atoms with Crippen molar-refractivity contribution < 1.29 is 0 Å². The van der Waals surface area contributed by atoms with Crippen LogP contribution in [0.25, 0.3) is 5.57 Å². The van der Waals surface area contributed by atoms with Gasteiger partial charge < -0.3 is 10.2 Å². The highest BCUT2D eigenvalue weighted by Crippen LogP contribution is 2.48. The van der Waals surface area contributed by atoms with Crippen LogP contribution in [0.15, 0.2) is 165 Å². The van der Waals surface area contributed by atoms with Gasteiger partial charge in [-0.3, -0.25) is 19.9 Å². The monoisotopic (exact) mass is 736 g/mol. The SMILES string of the molecule is C1=CC(C2=NC(C3=CC4C5NCC=CC5N(C5C=C(N6C7=C(N=CCC7)C7C=C(c8cccc(C9CC=CCC9)n8)C=CC76)C=CC5)C4C=C3)=CCC2)=CCC1. The molecular weight excluding hydrogens is 685 g/mol. The number of hydrogen-bond donors (Lipinski definition) is 1. The summed E-state index contributed by atoms with van der Waals surface area (Å²) < 4.78 is 0. The first-order chi connectivity index (χ1) is 27.8. The highest BCUT2D eigenvalue weighted by atomic mass is 15.3. The predicted molar refractivity (Wildman–Crippen MR) is 229 cm³/mol. The number of nitrogens with one attached hydrogen (secondary N) is 1. The van der Waals surface area contributed by atoms with Crippen LogP contribution in [0.4, 0.5) is 0 Å². The third-order valence-corrected chi connectivity index (χ3v) is 13.7. The van der Waals surface area contributed by atoms with Crippen LogP contribution in [0, 0.1) is 11.8 Å². The Morgan fingerprint density at radius 3 is 2.61 bits per heavy atom. The molecule has 6 nitrogen and oxygen atoms in total. The fourth-order valence-corrected chi connectivity index (χ4v) is 11.1. The van der Waals surface area contributed by atoms with E-state index in [1.165, 1.54) is 51.6 Å². The first-order valence-electron chi connectivity index (χ1n) is 21.4. The van der Waals surface area contributed by atoms with Gasteiger partial charge in [-0.15, -0.1) is 0 Å². The lowest BCUT2D eigenvalue weighted by atomic mass is 9.85. The van der Waals surface area contributed by atoms with Crippen LogP contribution in [-0.2, 0) is 0 Å². The molecule has 1 aromatic heterocycles. The molecule has 8 unspecified atom stereocenters. The molecule has 8 atom stereocenters. The zero-order valence-electron chi connectivity index (χ0n) is 32.3. The van der Waals surface area contributed by atoms with Gasteiger partial charge in [-0.1, -0.05) is 97.2 Å². The summed E-state index contributed by atoms with van der Waals surface area (Å²) >= 11 is 0. The molecule has 6 heterocycles. The zero-order chi connectivity index (χ0) is 37.0. The van der Waals surface area contributed by atoms with E-state index in [0.717, 1.165) is 75.7 Å². The maximum atomic E-state index is 5.26. The summed E-state index contributed by atoms with van der Waals surface area (Å²) in [5.41, 5.74) is 12.5. The molecule has 1 aromatic rings. The molecule has 10 aliphatic rings. The summed E-state index contributed by atoms with van der Waals surface area (Å²) in [5, 5.41) is 3.94. The van der Waals surface area contributed by atoms with E-state index in [1.54, 1.807) is 0 Å². The van der Waals surface area contributed by atoms with Crippen LogP contribution in [-0.4, -0.2) is 63.5 Å². The number of rotatable bonds is 6. The predicted octanol–water partition coefficient (Wildman–Crippen LogP) is 9.54. The molecular formula is C50H52N6. The van der Waals surface area contributed by atoms with Crippen LogP contribution < -0.4 is 5.32 Å². The van der Waals surface area contributed by atoms with Gasteiger partial charge in [-0.25, -0.2) is 0 Å². The fraction of sp³-hybridized carbons (Fsp3) is 0.380. The van der Waals surface area contributed by atoms with Gasteiger partial charge in [0.25, 0.3) is 0 Å². The molecule has 0 spiro atoms.